The van der Waals surface area contributed by atoms with E-state index in [0.29, 0.717) is 5.75 Å². The SMILES string of the molecule is COc1ccc(O)cc1N1CCCC1. The minimum absolute atomic E-state index is 0.299. The molecule has 14 heavy (non-hydrogen) atoms. The smallest absolute Gasteiger partial charge is 0.142 e. The molecule has 1 fully saturated rings. The highest BCUT2D eigenvalue weighted by molar-refractivity contribution is 5.61. The number of methoxy groups -OCH3 is 1. The van der Waals surface area contributed by atoms with Gasteiger partial charge in [-0.05, 0) is 25.0 Å². The van der Waals surface area contributed by atoms with Gasteiger partial charge in [-0.15, -0.1) is 0 Å². The number of ether oxygens (including phenoxy) is 1. The Balaban J connectivity index is 2.33. The normalized spacial score (nSPS) is 15.9. The summed E-state index contributed by atoms with van der Waals surface area (Å²) in [7, 11) is 1.66. The molecule has 3 heteroatoms. The van der Waals surface area contributed by atoms with E-state index in [1.54, 1.807) is 19.2 Å². The van der Waals surface area contributed by atoms with E-state index in [4.69, 9.17) is 4.74 Å². The van der Waals surface area contributed by atoms with E-state index in [0.717, 1.165) is 24.5 Å². The van der Waals surface area contributed by atoms with Gasteiger partial charge in [-0.3, -0.25) is 0 Å². The lowest BCUT2D eigenvalue weighted by atomic mass is 10.2. The van der Waals surface area contributed by atoms with Crippen molar-refractivity contribution in [3.05, 3.63) is 18.2 Å². The molecule has 0 amide bonds. The molecule has 76 valence electrons. The van der Waals surface area contributed by atoms with Gasteiger partial charge in [-0.1, -0.05) is 0 Å². The molecule has 1 aliphatic heterocycles. The molecule has 0 atom stereocenters. The summed E-state index contributed by atoms with van der Waals surface area (Å²) in [5.74, 6) is 1.14. The zero-order valence-corrected chi connectivity index (χ0v) is 8.36. The van der Waals surface area contributed by atoms with E-state index in [2.05, 4.69) is 4.90 Å². The number of phenols is 1. The van der Waals surface area contributed by atoms with Crippen LogP contribution >= 0.6 is 0 Å². The fourth-order valence-electron chi connectivity index (χ4n) is 1.88. The first-order chi connectivity index (χ1) is 6.81. The Hall–Kier alpha value is -1.38. The van der Waals surface area contributed by atoms with Gasteiger partial charge in [0.05, 0.1) is 12.8 Å². The number of hydrogen-bond acceptors (Lipinski definition) is 3. The molecular formula is C11H15NO2. The van der Waals surface area contributed by atoms with Crippen LogP contribution in [0.1, 0.15) is 12.8 Å². The number of rotatable bonds is 2. The van der Waals surface area contributed by atoms with Crippen molar-refractivity contribution in [2.45, 2.75) is 12.8 Å². The van der Waals surface area contributed by atoms with E-state index < -0.39 is 0 Å². The molecule has 1 N–H and O–H groups in total. The standard InChI is InChI=1S/C11H15NO2/c1-14-11-5-4-9(13)8-10(11)12-6-2-3-7-12/h4-5,8,13H,2-3,6-7H2,1H3. The molecule has 0 unspecified atom stereocenters. The molecule has 1 aromatic carbocycles. The predicted molar refractivity (Wildman–Crippen MR) is 56.1 cm³/mol. The third-order valence-corrected chi connectivity index (χ3v) is 2.61. The quantitative estimate of drug-likeness (QED) is 0.779. The Morgan fingerprint density at radius 2 is 2.00 bits per heavy atom. The number of aromatic hydroxyl groups is 1. The number of hydrogen-bond donors (Lipinski definition) is 1. The first-order valence-electron chi connectivity index (χ1n) is 4.93. The molecule has 3 nitrogen and oxygen atoms in total. The van der Waals surface area contributed by atoms with E-state index in [1.165, 1.54) is 12.8 Å². The summed E-state index contributed by atoms with van der Waals surface area (Å²) in [6.07, 6.45) is 2.44. The maximum atomic E-state index is 9.41. The van der Waals surface area contributed by atoms with Crippen LogP contribution in [-0.2, 0) is 0 Å². The van der Waals surface area contributed by atoms with Crippen LogP contribution in [0.25, 0.3) is 0 Å². The van der Waals surface area contributed by atoms with Crippen LogP contribution in [0.5, 0.6) is 11.5 Å². The first kappa shape index (κ1) is 9.19. The topological polar surface area (TPSA) is 32.7 Å². The van der Waals surface area contributed by atoms with Gasteiger partial charge in [-0.2, -0.15) is 0 Å². The van der Waals surface area contributed by atoms with E-state index in [9.17, 15) is 5.11 Å². The van der Waals surface area contributed by atoms with Gasteiger partial charge in [0, 0.05) is 19.2 Å². The number of nitrogens with zero attached hydrogens (tertiary/aromatic N) is 1. The molecule has 0 aliphatic carbocycles. The van der Waals surface area contributed by atoms with Crippen LogP contribution in [0, 0.1) is 0 Å². The monoisotopic (exact) mass is 193 g/mol. The summed E-state index contributed by atoms with van der Waals surface area (Å²) in [5, 5.41) is 9.41. The zero-order valence-electron chi connectivity index (χ0n) is 8.36. The molecule has 1 aliphatic rings. The van der Waals surface area contributed by atoms with E-state index in [-0.39, 0.29) is 0 Å². The molecule has 0 bridgehead atoms. The van der Waals surface area contributed by atoms with Crippen LogP contribution < -0.4 is 9.64 Å². The third kappa shape index (κ3) is 1.62. The maximum absolute atomic E-state index is 9.41. The minimum Gasteiger partial charge on any atom is -0.508 e. The highest BCUT2D eigenvalue weighted by Gasteiger charge is 2.16. The van der Waals surface area contributed by atoms with E-state index >= 15 is 0 Å². The minimum atomic E-state index is 0.299. The first-order valence-corrected chi connectivity index (χ1v) is 4.93. The second-order valence-corrected chi connectivity index (χ2v) is 3.55. The zero-order chi connectivity index (χ0) is 9.97. The molecule has 0 radical (unpaired) electrons. The van der Waals surface area contributed by atoms with Gasteiger partial charge in [0.15, 0.2) is 0 Å². The fourth-order valence-corrected chi connectivity index (χ4v) is 1.88. The highest BCUT2D eigenvalue weighted by Crippen LogP contribution is 2.33. The molecule has 0 spiro atoms. The summed E-state index contributed by atoms with van der Waals surface area (Å²) >= 11 is 0. The van der Waals surface area contributed by atoms with Crippen molar-refractivity contribution < 1.29 is 9.84 Å². The number of phenolic OH excluding ortho intramolecular Hbond substituents is 1. The van der Waals surface area contributed by atoms with Gasteiger partial charge < -0.3 is 14.7 Å². The van der Waals surface area contributed by atoms with Crippen molar-refractivity contribution >= 4 is 5.69 Å². The summed E-state index contributed by atoms with van der Waals surface area (Å²) < 4.78 is 5.26. The van der Waals surface area contributed by atoms with Crippen molar-refractivity contribution in [1.29, 1.82) is 0 Å². The molecule has 1 heterocycles. The second kappa shape index (κ2) is 3.78. The van der Waals surface area contributed by atoms with Crippen LogP contribution in [0.3, 0.4) is 0 Å². The molecular weight excluding hydrogens is 178 g/mol. The van der Waals surface area contributed by atoms with Crippen molar-refractivity contribution in [1.82, 2.24) is 0 Å². The lowest BCUT2D eigenvalue weighted by molar-refractivity contribution is 0.412. The van der Waals surface area contributed by atoms with Crippen LogP contribution in [0.4, 0.5) is 5.69 Å². The van der Waals surface area contributed by atoms with Crippen molar-refractivity contribution in [3.8, 4) is 11.5 Å². The molecule has 0 aromatic heterocycles. The third-order valence-electron chi connectivity index (χ3n) is 2.61. The Kier molecular flexibility index (Phi) is 2.48. The predicted octanol–water partition coefficient (Wildman–Crippen LogP) is 2.00. The van der Waals surface area contributed by atoms with Crippen molar-refractivity contribution in [3.63, 3.8) is 0 Å². The average Bonchev–Trinajstić information content (AvgIpc) is 2.70. The summed E-state index contributed by atoms with van der Waals surface area (Å²) in [5.41, 5.74) is 1.00. The summed E-state index contributed by atoms with van der Waals surface area (Å²) in [6.45, 7) is 2.11. The molecule has 2 rings (SSSR count). The lowest BCUT2D eigenvalue weighted by Crippen LogP contribution is -2.18. The Morgan fingerprint density at radius 3 is 2.64 bits per heavy atom. The largest absolute Gasteiger partial charge is 0.508 e. The van der Waals surface area contributed by atoms with Crippen molar-refractivity contribution in [2.24, 2.45) is 0 Å². The molecule has 1 aromatic rings. The Morgan fingerprint density at radius 1 is 1.29 bits per heavy atom. The molecule has 0 saturated carbocycles. The second-order valence-electron chi connectivity index (χ2n) is 3.55. The Bertz CT molecular complexity index is 319. The fraction of sp³-hybridized carbons (Fsp3) is 0.455. The number of anilines is 1. The molecule has 1 saturated heterocycles. The van der Waals surface area contributed by atoms with Gasteiger partial charge in [0.25, 0.3) is 0 Å². The summed E-state index contributed by atoms with van der Waals surface area (Å²) in [4.78, 5) is 2.25. The highest BCUT2D eigenvalue weighted by atomic mass is 16.5. The number of benzene rings is 1. The lowest BCUT2D eigenvalue weighted by Gasteiger charge is -2.20. The summed E-state index contributed by atoms with van der Waals surface area (Å²) in [6, 6.07) is 5.23. The Labute approximate surface area is 83.9 Å². The van der Waals surface area contributed by atoms with E-state index in [1.807, 2.05) is 6.07 Å². The average molecular weight is 193 g/mol. The van der Waals surface area contributed by atoms with Gasteiger partial charge in [0.1, 0.15) is 11.5 Å². The van der Waals surface area contributed by atoms with Crippen LogP contribution in [0.2, 0.25) is 0 Å². The van der Waals surface area contributed by atoms with Crippen molar-refractivity contribution in [2.75, 3.05) is 25.1 Å². The van der Waals surface area contributed by atoms with Gasteiger partial charge in [0.2, 0.25) is 0 Å². The van der Waals surface area contributed by atoms with Crippen LogP contribution in [0.15, 0.2) is 18.2 Å². The maximum Gasteiger partial charge on any atom is 0.142 e. The van der Waals surface area contributed by atoms with Gasteiger partial charge in [-0.25, -0.2) is 0 Å². The van der Waals surface area contributed by atoms with Gasteiger partial charge >= 0.3 is 0 Å². The van der Waals surface area contributed by atoms with Crippen LogP contribution in [-0.4, -0.2) is 25.3 Å².